The van der Waals surface area contributed by atoms with Crippen LogP contribution in [-0.2, 0) is 49.3 Å². The third-order valence-corrected chi connectivity index (χ3v) is 8.24. The normalized spacial score (nSPS) is 13.2. The molecule has 0 aliphatic carbocycles. The Hall–Kier alpha value is -4.10. The number of hydrogen-bond acceptors (Lipinski definition) is 16. The second-order valence-electron chi connectivity index (χ2n) is 13.4. The van der Waals surface area contributed by atoms with Crippen molar-refractivity contribution < 1.29 is 56.4 Å². The summed E-state index contributed by atoms with van der Waals surface area (Å²) in [6.45, 7) is 10.5. The van der Waals surface area contributed by atoms with Gasteiger partial charge < -0.3 is 32.6 Å². The Labute approximate surface area is 296 Å². The van der Waals surface area contributed by atoms with Crippen LogP contribution in [0.2, 0.25) is 0 Å². The number of phosphoric ester groups is 1. The van der Waals surface area contributed by atoms with E-state index in [2.05, 4.69) is 30.3 Å². The molecule has 21 heteroatoms. The molecule has 0 saturated heterocycles. The summed E-state index contributed by atoms with van der Waals surface area (Å²) >= 11 is 0. The standard InChI is InChI=1S/C17H23N7O6.C13H28NO6P/c1-5-17(2,3)15(27)30-9-11(25)20-19-7-6-8-29-14(26)12-13-21-22-23(4)16(28)24(13)10-18-12;1-7-13(2,3)12(15)18-10-11-20-21(16,17)19-9-8-14(4,5)6/h7,10H,5-6,8-9H2,1-4H3,(H,20,25);7-11H2,1-6H3/b19-7+;. The topological polar surface area (TPSA) is 244 Å². The van der Waals surface area contributed by atoms with Gasteiger partial charge in [-0.15, -0.1) is 5.10 Å². The highest BCUT2D eigenvalue weighted by Gasteiger charge is 2.28. The number of ether oxygens (including phenoxy) is 3. The molecule has 2 rings (SSSR count). The lowest BCUT2D eigenvalue weighted by atomic mass is 9.91. The molecule has 2 aromatic heterocycles. The zero-order valence-electron chi connectivity index (χ0n) is 31.0. The number of nitrogens with one attached hydrogen (secondary N) is 1. The summed E-state index contributed by atoms with van der Waals surface area (Å²) < 4.78 is 38.4. The number of likely N-dealkylation sites (N-methyl/N-ethyl adjacent to an activating group) is 1. The SMILES string of the molecule is CCC(C)(C)C(=O)OCC(=O)N/N=C/CCOC(=O)c1ncn2c(=O)n(C)nnc12.CCC(C)(C)C(=O)OCCOP(=O)([O-])OCC[N+](C)(C)C. The fourth-order valence-electron chi connectivity index (χ4n) is 3.07. The van der Waals surface area contributed by atoms with Gasteiger partial charge in [-0.05, 0) is 40.5 Å². The van der Waals surface area contributed by atoms with E-state index in [1.807, 2.05) is 35.0 Å². The molecule has 0 aliphatic heterocycles. The van der Waals surface area contributed by atoms with Crippen LogP contribution in [0.1, 0.15) is 71.3 Å². The lowest BCUT2D eigenvalue weighted by molar-refractivity contribution is -0.870. The molecule has 0 radical (unpaired) electrons. The van der Waals surface area contributed by atoms with Crippen molar-refractivity contribution in [2.24, 2.45) is 23.0 Å². The summed E-state index contributed by atoms with van der Waals surface area (Å²) in [6, 6.07) is 0. The maximum absolute atomic E-state index is 12.1. The van der Waals surface area contributed by atoms with Crippen molar-refractivity contribution in [3.8, 4) is 0 Å². The highest BCUT2D eigenvalue weighted by molar-refractivity contribution is 7.45. The van der Waals surface area contributed by atoms with E-state index in [4.69, 9.17) is 18.7 Å². The molecule has 1 unspecified atom stereocenters. The first-order chi connectivity index (χ1) is 23.6. The molecule has 0 aliphatic rings. The van der Waals surface area contributed by atoms with Crippen LogP contribution in [0.15, 0.2) is 16.2 Å². The number of hydrazone groups is 1. The van der Waals surface area contributed by atoms with Crippen molar-refractivity contribution >= 4 is 43.5 Å². The van der Waals surface area contributed by atoms with Crippen LogP contribution >= 0.6 is 7.82 Å². The van der Waals surface area contributed by atoms with Gasteiger partial charge in [0, 0.05) is 19.7 Å². The Morgan fingerprint density at radius 3 is 2.14 bits per heavy atom. The Kier molecular flexibility index (Phi) is 17.7. The van der Waals surface area contributed by atoms with Gasteiger partial charge in [0.25, 0.3) is 13.7 Å². The van der Waals surface area contributed by atoms with Crippen LogP contribution in [0.3, 0.4) is 0 Å². The number of aryl methyl sites for hydroxylation is 1. The Morgan fingerprint density at radius 2 is 1.55 bits per heavy atom. The number of esters is 3. The van der Waals surface area contributed by atoms with Crippen LogP contribution in [0.5, 0.6) is 0 Å². The number of quaternary nitrogens is 1. The second kappa shape index (κ2) is 20.1. The quantitative estimate of drug-likeness (QED) is 0.0394. The zero-order chi connectivity index (χ0) is 39.0. The minimum absolute atomic E-state index is 0.00942. The highest BCUT2D eigenvalue weighted by atomic mass is 31.2. The van der Waals surface area contributed by atoms with Gasteiger partial charge in [0.05, 0.1) is 45.2 Å². The Balaban J connectivity index is 0.000000546. The van der Waals surface area contributed by atoms with Crippen molar-refractivity contribution in [3.05, 3.63) is 22.5 Å². The number of amides is 1. The minimum atomic E-state index is -4.34. The molecule has 20 nitrogen and oxygen atoms in total. The fourth-order valence-corrected chi connectivity index (χ4v) is 3.75. The van der Waals surface area contributed by atoms with Gasteiger partial charge in [-0.3, -0.25) is 18.9 Å². The smallest absolute Gasteiger partial charge is 0.360 e. The van der Waals surface area contributed by atoms with Crippen molar-refractivity contribution in [2.45, 2.75) is 60.8 Å². The maximum Gasteiger partial charge on any atom is 0.360 e. The number of rotatable bonds is 19. The van der Waals surface area contributed by atoms with Gasteiger partial charge in [0.15, 0.2) is 17.9 Å². The lowest BCUT2D eigenvalue weighted by Gasteiger charge is -2.27. The summed E-state index contributed by atoms with van der Waals surface area (Å²) in [6.07, 6.45) is 3.91. The van der Waals surface area contributed by atoms with E-state index in [9.17, 15) is 33.4 Å². The average molecular weight is 747 g/mol. The third-order valence-electron chi connectivity index (χ3n) is 7.24. The molecule has 288 valence electrons. The number of aromatic nitrogens is 5. The summed E-state index contributed by atoms with van der Waals surface area (Å²) in [7, 11) is 2.86. The monoisotopic (exact) mass is 746 g/mol. The predicted molar refractivity (Wildman–Crippen MR) is 180 cm³/mol. The van der Waals surface area contributed by atoms with E-state index >= 15 is 0 Å². The molecular weight excluding hydrogens is 695 g/mol. The van der Waals surface area contributed by atoms with E-state index in [1.54, 1.807) is 27.7 Å². The molecule has 0 saturated carbocycles. The van der Waals surface area contributed by atoms with Gasteiger partial charge >= 0.3 is 23.6 Å². The van der Waals surface area contributed by atoms with Crippen molar-refractivity contribution in [1.82, 2.24) is 29.8 Å². The predicted octanol–water partition coefficient (Wildman–Crippen LogP) is 0.625. The van der Waals surface area contributed by atoms with Crippen LogP contribution in [-0.4, -0.2) is 120 Å². The first-order valence-electron chi connectivity index (χ1n) is 16.1. The maximum atomic E-state index is 12.1. The zero-order valence-corrected chi connectivity index (χ0v) is 31.9. The first-order valence-corrected chi connectivity index (χ1v) is 17.5. The molecule has 0 spiro atoms. The number of imidazole rings is 1. The number of phosphoric acid groups is 1. The van der Waals surface area contributed by atoms with Gasteiger partial charge in [0.2, 0.25) is 0 Å². The van der Waals surface area contributed by atoms with Crippen molar-refractivity contribution in [2.75, 3.05) is 60.7 Å². The van der Waals surface area contributed by atoms with E-state index in [0.29, 0.717) is 23.9 Å². The molecule has 51 heavy (non-hydrogen) atoms. The molecule has 0 bridgehead atoms. The molecule has 1 N–H and O–H groups in total. The second-order valence-corrected chi connectivity index (χ2v) is 14.8. The molecule has 2 aromatic rings. The van der Waals surface area contributed by atoms with Crippen molar-refractivity contribution in [1.29, 1.82) is 0 Å². The van der Waals surface area contributed by atoms with E-state index < -0.39 is 48.8 Å². The van der Waals surface area contributed by atoms with Gasteiger partial charge in [-0.25, -0.2) is 24.4 Å². The molecule has 1 atom stereocenters. The van der Waals surface area contributed by atoms with Gasteiger partial charge in [-0.2, -0.15) is 9.78 Å². The first kappa shape index (κ1) is 44.9. The number of carbonyl (C=O) groups excluding carboxylic acids is 4. The number of nitrogens with zero attached hydrogens (tertiary/aromatic N) is 7. The van der Waals surface area contributed by atoms with E-state index in [1.165, 1.54) is 13.3 Å². The molecule has 0 fully saturated rings. The molecule has 2 heterocycles. The Bertz CT molecular complexity index is 1610. The summed E-state index contributed by atoms with van der Waals surface area (Å²) in [5.74, 6) is -2.21. The van der Waals surface area contributed by atoms with Gasteiger partial charge in [0.1, 0.15) is 26.1 Å². The van der Waals surface area contributed by atoms with Crippen LogP contribution in [0.25, 0.3) is 5.65 Å². The van der Waals surface area contributed by atoms with Gasteiger partial charge in [-0.1, -0.05) is 19.1 Å². The lowest BCUT2D eigenvalue weighted by Crippen LogP contribution is -2.37. The van der Waals surface area contributed by atoms with E-state index in [-0.39, 0.29) is 50.2 Å². The molecule has 1 amide bonds. The largest absolute Gasteiger partial charge is 0.756 e. The Morgan fingerprint density at radius 1 is 0.961 bits per heavy atom. The third kappa shape index (κ3) is 16.2. The van der Waals surface area contributed by atoms with Crippen LogP contribution in [0.4, 0.5) is 0 Å². The summed E-state index contributed by atoms with van der Waals surface area (Å²) in [5, 5.41) is 11.0. The number of carbonyl (C=O) groups is 4. The summed E-state index contributed by atoms with van der Waals surface area (Å²) in [5.41, 5.74) is 0.311. The molecule has 0 aromatic carbocycles. The van der Waals surface area contributed by atoms with E-state index in [0.717, 1.165) is 15.4 Å². The molecular formula is C30H51N8O12P. The minimum Gasteiger partial charge on any atom is -0.756 e. The number of hydrogen-bond donors (Lipinski definition) is 1. The highest BCUT2D eigenvalue weighted by Crippen LogP contribution is 2.37. The van der Waals surface area contributed by atoms with Crippen LogP contribution < -0.4 is 16.0 Å². The number of fused-ring (bicyclic) bond motifs is 1. The average Bonchev–Trinajstić information content (AvgIpc) is 3.49. The van der Waals surface area contributed by atoms with Crippen LogP contribution in [0, 0.1) is 10.8 Å². The fraction of sp³-hybridized carbons (Fsp3) is 0.700. The summed E-state index contributed by atoms with van der Waals surface area (Å²) in [4.78, 5) is 74.2. The van der Waals surface area contributed by atoms with Crippen molar-refractivity contribution in [3.63, 3.8) is 0 Å².